The number of anilines is 1. The van der Waals surface area contributed by atoms with Gasteiger partial charge in [-0.15, -0.1) is 5.10 Å². The quantitative estimate of drug-likeness (QED) is 0.670. The molecule has 1 heterocycles. The third-order valence-corrected chi connectivity index (χ3v) is 2.65. The lowest BCUT2D eigenvalue weighted by Crippen LogP contribution is -2.06. The lowest BCUT2D eigenvalue weighted by atomic mass is 10.2. The van der Waals surface area contributed by atoms with Crippen LogP contribution in [0.1, 0.15) is 16.2 Å². The Morgan fingerprint density at radius 3 is 3.00 bits per heavy atom. The smallest absolute Gasteiger partial charge is 0.377 e. The molecule has 2 rings (SSSR count). The van der Waals surface area contributed by atoms with Crippen molar-refractivity contribution in [1.29, 1.82) is 0 Å². The number of hydrogen-bond donors (Lipinski definition) is 1. The molecule has 0 spiro atoms. The SMILES string of the molecule is COC(=O)c1ncn(Cc2ccc(Cl)c(N)c2)n1. The predicted octanol–water partition coefficient (Wildman–Crippen LogP) is 1.35. The van der Waals surface area contributed by atoms with Crippen molar-refractivity contribution in [2.75, 3.05) is 12.8 Å². The summed E-state index contributed by atoms with van der Waals surface area (Å²) in [5, 5.41) is 4.49. The number of benzene rings is 1. The lowest BCUT2D eigenvalue weighted by molar-refractivity contribution is 0.0586. The van der Waals surface area contributed by atoms with Crippen molar-refractivity contribution in [3.05, 3.63) is 40.9 Å². The van der Waals surface area contributed by atoms with Gasteiger partial charge in [0.15, 0.2) is 0 Å². The van der Waals surface area contributed by atoms with Gasteiger partial charge in [0.25, 0.3) is 5.82 Å². The fraction of sp³-hybridized carbons (Fsp3) is 0.182. The zero-order valence-corrected chi connectivity index (χ0v) is 10.4. The van der Waals surface area contributed by atoms with Gasteiger partial charge in [-0.25, -0.2) is 14.5 Å². The Labute approximate surface area is 108 Å². The molecule has 0 aliphatic rings. The van der Waals surface area contributed by atoms with Crippen LogP contribution in [0.15, 0.2) is 24.5 Å². The second-order valence-corrected chi connectivity index (χ2v) is 4.02. The molecule has 2 N–H and O–H groups in total. The van der Waals surface area contributed by atoms with E-state index < -0.39 is 5.97 Å². The number of carbonyl (C=O) groups excluding carboxylic acids is 1. The van der Waals surface area contributed by atoms with Gasteiger partial charge >= 0.3 is 5.97 Å². The summed E-state index contributed by atoms with van der Waals surface area (Å²) < 4.78 is 6.04. The number of nitrogens with zero attached hydrogens (tertiary/aromatic N) is 3. The third kappa shape index (κ3) is 2.60. The topological polar surface area (TPSA) is 83.0 Å². The van der Waals surface area contributed by atoms with E-state index >= 15 is 0 Å². The molecule has 0 saturated heterocycles. The average molecular weight is 267 g/mol. The Morgan fingerprint density at radius 2 is 2.33 bits per heavy atom. The van der Waals surface area contributed by atoms with Crippen molar-refractivity contribution < 1.29 is 9.53 Å². The molecule has 1 aromatic carbocycles. The number of halogens is 1. The first-order valence-corrected chi connectivity index (χ1v) is 5.49. The minimum Gasteiger partial charge on any atom is -0.463 e. The summed E-state index contributed by atoms with van der Waals surface area (Å²) in [4.78, 5) is 15.0. The van der Waals surface area contributed by atoms with Crippen molar-refractivity contribution in [1.82, 2.24) is 14.8 Å². The van der Waals surface area contributed by atoms with Crippen LogP contribution < -0.4 is 5.73 Å². The Balaban J connectivity index is 2.16. The first kappa shape index (κ1) is 12.4. The van der Waals surface area contributed by atoms with E-state index in [-0.39, 0.29) is 5.82 Å². The molecule has 0 atom stereocenters. The van der Waals surface area contributed by atoms with Gasteiger partial charge < -0.3 is 10.5 Å². The highest BCUT2D eigenvalue weighted by Crippen LogP contribution is 2.19. The summed E-state index contributed by atoms with van der Waals surface area (Å²) in [5.41, 5.74) is 7.12. The molecule has 0 saturated carbocycles. The average Bonchev–Trinajstić information content (AvgIpc) is 2.81. The van der Waals surface area contributed by atoms with Gasteiger partial charge in [0.1, 0.15) is 6.33 Å². The molecule has 0 fully saturated rings. The molecule has 7 heteroatoms. The van der Waals surface area contributed by atoms with Crippen LogP contribution in [0.25, 0.3) is 0 Å². The molecule has 1 aromatic heterocycles. The van der Waals surface area contributed by atoms with Crippen LogP contribution in [0.2, 0.25) is 5.02 Å². The molecule has 0 aliphatic carbocycles. The van der Waals surface area contributed by atoms with Gasteiger partial charge in [0, 0.05) is 0 Å². The van der Waals surface area contributed by atoms with Gasteiger partial charge in [-0.3, -0.25) is 0 Å². The first-order chi connectivity index (χ1) is 8.60. The van der Waals surface area contributed by atoms with Crippen molar-refractivity contribution in [2.24, 2.45) is 0 Å². The van der Waals surface area contributed by atoms with Crippen LogP contribution in [0.5, 0.6) is 0 Å². The van der Waals surface area contributed by atoms with Crippen LogP contribution >= 0.6 is 11.6 Å². The largest absolute Gasteiger partial charge is 0.463 e. The van der Waals surface area contributed by atoms with Crippen molar-refractivity contribution in [3.63, 3.8) is 0 Å². The van der Waals surface area contributed by atoms with Crippen LogP contribution in [0.3, 0.4) is 0 Å². The second-order valence-electron chi connectivity index (χ2n) is 3.61. The highest BCUT2D eigenvalue weighted by molar-refractivity contribution is 6.33. The fourth-order valence-electron chi connectivity index (χ4n) is 1.43. The normalized spacial score (nSPS) is 10.3. The summed E-state index contributed by atoms with van der Waals surface area (Å²) in [5.74, 6) is -0.538. The molecule has 0 aliphatic heterocycles. The fourth-order valence-corrected chi connectivity index (χ4v) is 1.55. The van der Waals surface area contributed by atoms with Gasteiger partial charge in [-0.1, -0.05) is 17.7 Å². The molecule has 6 nitrogen and oxygen atoms in total. The van der Waals surface area contributed by atoms with Crippen molar-refractivity contribution >= 4 is 23.3 Å². The predicted molar refractivity (Wildman–Crippen MR) is 66.3 cm³/mol. The zero-order chi connectivity index (χ0) is 13.1. The van der Waals surface area contributed by atoms with Crippen molar-refractivity contribution in [2.45, 2.75) is 6.54 Å². The maximum atomic E-state index is 11.2. The molecule has 18 heavy (non-hydrogen) atoms. The lowest BCUT2D eigenvalue weighted by Gasteiger charge is -2.03. The van der Waals surface area contributed by atoms with Gasteiger partial charge in [-0.2, -0.15) is 0 Å². The van der Waals surface area contributed by atoms with E-state index in [0.29, 0.717) is 17.3 Å². The maximum Gasteiger partial charge on any atom is 0.377 e. The Kier molecular flexibility index (Phi) is 3.47. The molecule has 2 aromatic rings. The van der Waals surface area contributed by atoms with Crippen molar-refractivity contribution in [3.8, 4) is 0 Å². The number of nitrogens with two attached hydrogens (primary N) is 1. The van der Waals surface area contributed by atoms with E-state index in [1.807, 2.05) is 6.07 Å². The highest BCUT2D eigenvalue weighted by atomic mass is 35.5. The summed E-state index contributed by atoms with van der Waals surface area (Å²) >= 11 is 5.83. The Bertz CT molecular complexity index is 582. The van der Waals surface area contributed by atoms with Gasteiger partial charge in [-0.05, 0) is 17.7 Å². The number of nitrogen functional groups attached to an aromatic ring is 1. The molecule has 0 bridgehead atoms. The van der Waals surface area contributed by atoms with E-state index in [1.54, 1.807) is 12.1 Å². The zero-order valence-electron chi connectivity index (χ0n) is 9.63. The molecule has 0 unspecified atom stereocenters. The van der Waals surface area contributed by atoms with E-state index in [4.69, 9.17) is 17.3 Å². The minimum atomic E-state index is -0.565. The number of esters is 1. The molecule has 0 amide bonds. The Hall–Kier alpha value is -2.08. The van der Waals surface area contributed by atoms with Crippen LogP contribution in [-0.4, -0.2) is 27.8 Å². The highest BCUT2D eigenvalue weighted by Gasteiger charge is 2.11. The molecule has 0 radical (unpaired) electrons. The third-order valence-electron chi connectivity index (χ3n) is 2.31. The number of aromatic nitrogens is 3. The second kappa shape index (κ2) is 5.05. The number of ether oxygens (including phenoxy) is 1. The summed E-state index contributed by atoms with van der Waals surface area (Å²) in [6, 6.07) is 5.30. The monoisotopic (exact) mass is 266 g/mol. The van der Waals surface area contributed by atoms with Crippen LogP contribution in [0, 0.1) is 0 Å². The number of rotatable bonds is 3. The summed E-state index contributed by atoms with van der Waals surface area (Å²) in [6.07, 6.45) is 1.46. The Morgan fingerprint density at radius 1 is 1.56 bits per heavy atom. The van der Waals surface area contributed by atoms with E-state index in [1.165, 1.54) is 18.1 Å². The molecular formula is C11H11ClN4O2. The number of hydrogen-bond acceptors (Lipinski definition) is 5. The standard InChI is InChI=1S/C11H11ClN4O2/c1-18-11(17)10-14-6-16(15-10)5-7-2-3-8(12)9(13)4-7/h2-4,6H,5,13H2,1H3. The number of methoxy groups -OCH3 is 1. The minimum absolute atomic E-state index is 0.0273. The molecule has 94 valence electrons. The summed E-state index contributed by atoms with van der Waals surface area (Å²) in [6.45, 7) is 0.450. The first-order valence-electron chi connectivity index (χ1n) is 5.12. The van der Waals surface area contributed by atoms with E-state index in [0.717, 1.165) is 5.56 Å². The summed E-state index contributed by atoms with van der Waals surface area (Å²) in [7, 11) is 1.28. The molecular weight excluding hydrogens is 256 g/mol. The van der Waals surface area contributed by atoms with Crippen LogP contribution in [-0.2, 0) is 11.3 Å². The van der Waals surface area contributed by atoms with E-state index in [2.05, 4.69) is 14.8 Å². The van der Waals surface area contributed by atoms with Gasteiger partial charge in [0.2, 0.25) is 0 Å². The van der Waals surface area contributed by atoms with Gasteiger partial charge in [0.05, 0.1) is 24.4 Å². The number of carbonyl (C=O) groups is 1. The van der Waals surface area contributed by atoms with E-state index in [9.17, 15) is 4.79 Å². The maximum absolute atomic E-state index is 11.2. The van der Waals surface area contributed by atoms with Crippen LogP contribution in [0.4, 0.5) is 5.69 Å².